The predicted molar refractivity (Wildman–Crippen MR) is 87.4 cm³/mol. The Balaban J connectivity index is 1.61. The Morgan fingerprint density at radius 2 is 1.95 bits per heavy atom. The van der Waals surface area contributed by atoms with Gasteiger partial charge in [0.25, 0.3) is 0 Å². The van der Waals surface area contributed by atoms with Gasteiger partial charge in [-0.25, -0.2) is 4.98 Å². The molecule has 2 aromatic heterocycles. The lowest BCUT2D eigenvalue weighted by molar-refractivity contribution is 0.243. The van der Waals surface area contributed by atoms with Crippen LogP contribution >= 0.6 is 15.9 Å². The van der Waals surface area contributed by atoms with Crippen molar-refractivity contribution in [3.8, 4) is 0 Å². The first kappa shape index (κ1) is 14.5. The lowest BCUT2D eigenvalue weighted by Crippen LogP contribution is -2.46. The Morgan fingerprint density at radius 1 is 1.19 bits per heavy atom. The van der Waals surface area contributed by atoms with Crippen LogP contribution in [0.2, 0.25) is 0 Å². The van der Waals surface area contributed by atoms with Crippen LogP contribution in [0.3, 0.4) is 0 Å². The molecule has 3 rings (SSSR count). The fourth-order valence-corrected chi connectivity index (χ4v) is 3.20. The number of anilines is 1. The first-order valence-electron chi connectivity index (χ1n) is 7.21. The first-order chi connectivity index (χ1) is 10.1. The Morgan fingerprint density at radius 3 is 2.52 bits per heavy atom. The van der Waals surface area contributed by atoms with Crippen LogP contribution in [-0.2, 0) is 13.6 Å². The SMILES string of the molecule is Cc1nn(C)c(CN2CCN(c3ccccn3)CC2)c1Br. The topological polar surface area (TPSA) is 37.2 Å². The van der Waals surface area contributed by atoms with Gasteiger partial charge < -0.3 is 4.90 Å². The second-order valence-corrected chi connectivity index (χ2v) is 6.21. The van der Waals surface area contributed by atoms with Gasteiger partial charge in [0.1, 0.15) is 5.82 Å². The van der Waals surface area contributed by atoms with E-state index in [9.17, 15) is 0 Å². The van der Waals surface area contributed by atoms with Gasteiger partial charge in [-0.15, -0.1) is 0 Å². The largest absolute Gasteiger partial charge is 0.354 e. The van der Waals surface area contributed by atoms with Crippen LogP contribution in [0.1, 0.15) is 11.4 Å². The average Bonchev–Trinajstić information content (AvgIpc) is 2.75. The molecule has 2 aromatic rings. The van der Waals surface area contributed by atoms with Gasteiger partial charge >= 0.3 is 0 Å². The van der Waals surface area contributed by atoms with Crippen LogP contribution in [0.5, 0.6) is 0 Å². The normalized spacial score (nSPS) is 16.4. The van der Waals surface area contributed by atoms with Gasteiger partial charge in [-0.2, -0.15) is 5.10 Å². The summed E-state index contributed by atoms with van der Waals surface area (Å²) in [5.41, 5.74) is 2.30. The van der Waals surface area contributed by atoms with Crippen molar-refractivity contribution in [1.82, 2.24) is 19.7 Å². The minimum absolute atomic E-state index is 0.938. The molecule has 0 unspecified atom stereocenters. The third kappa shape index (κ3) is 3.11. The Kier molecular flexibility index (Phi) is 4.26. The van der Waals surface area contributed by atoms with E-state index in [4.69, 9.17) is 0 Å². The summed E-state index contributed by atoms with van der Waals surface area (Å²) in [6, 6.07) is 6.09. The van der Waals surface area contributed by atoms with Gasteiger partial charge in [-0.1, -0.05) is 6.07 Å². The molecular formula is C15H20BrN5. The second-order valence-electron chi connectivity index (χ2n) is 5.42. The Bertz CT molecular complexity index is 602. The summed E-state index contributed by atoms with van der Waals surface area (Å²) in [7, 11) is 2.01. The summed E-state index contributed by atoms with van der Waals surface area (Å²) in [6.45, 7) is 7.11. The minimum Gasteiger partial charge on any atom is -0.354 e. The summed E-state index contributed by atoms with van der Waals surface area (Å²) in [5, 5.41) is 4.46. The average molecular weight is 350 g/mol. The third-order valence-electron chi connectivity index (χ3n) is 3.98. The molecule has 0 bridgehead atoms. The third-order valence-corrected chi connectivity index (χ3v) is 5.01. The lowest BCUT2D eigenvalue weighted by Gasteiger charge is -2.35. The fraction of sp³-hybridized carbons (Fsp3) is 0.467. The van der Waals surface area contributed by atoms with Crippen molar-refractivity contribution in [2.24, 2.45) is 7.05 Å². The van der Waals surface area contributed by atoms with E-state index in [-0.39, 0.29) is 0 Å². The van der Waals surface area contributed by atoms with Crippen molar-refractivity contribution in [3.05, 3.63) is 40.3 Å². The number of rotatable bonds is 3. The summed E-state index contributed by atoms with van der Waals surface area (Å²) in [6.07, 6.45) is 1.86. The highest BCUT2D eigenvalue weighted by molar-refractivity contribution is 9.10. The minimum atomic E-state index is 0.938. The van der Waals surface area contributed by atoms with E-state index < -0.39 is 0 Å². The Hall–Kier alpha value is -1.40. The molecule has 1 aliphatic rings. The van der Waals surface area contributed by atoms with Crippen molar-refractivity contribution in [1.29, 1.82) is 0 Å². The van der Waals surface area contributed by atoms with E-state index in [2.05, 4.69) is 41.9 Å². The summed E-state index contributed by atoms with van der Waals surface area (Å²) in [4.78, 5) is 9.25. The standard InChI is InChI=1S/C15H20BrN5/c1-12-15(16)13(19(2)18-12)11-20-7-9-21(10-8-20)14-5-3-4-6-17-14/h3-6H,7-11H2,1-2H3. The van der Waals surface area contributed by atoms with Gasteiger partial charge in [0.05, 0.1) is 15.9 Å². The van der Waals surface area contributed by atoms with E-state index >= 15 is 0 Å². The van der Waals surface area contributed by atoms with Crippen LogP contribution in [-0.4, -0.2) is 45.8 Å². The number of aryl methyl sites for hydroxylation is 2. The maximum atomic E-state index is 4.46. The lowest BCUT2D eigenvalue weighted by atomic mass is 10.2. The van der Waals surface area contributed by atoms with Crippen LogP contribution in [0.4, 0.5) is 5.82 Å². The zero-order valence-corrected chi connectivity index (χ0v) is 14.0. The van der Waals surface area contributed by atoms with Gasteiger partial charge in [-0.05, 0) is 35.0 Å². The molecule has 0 radical (unpaired) electrons. The maximum absolute atomic E-state index is 4.46. The van der Waals surface area contributed by atoms with Crippen LogP contribution in [0, 0.1) is 6.92 Å². The van der Waals surface area contributed by atoms with Crippen molar-refractivity contribution < 1.29 is 0 Å². The molecule has 0 saturated carbocycles. The maximum Gasteiger partial charge on any atom is 0.128 e. The highest BCUT2D eigenvalue weighted by Gasteiger charge is 2.20. The van der Waals surface area contributed by atoms with Crippen molar-refractivity contribution in [3.63, 3.8) is 0 Å². The molecule has 5 nitrogen and oxygen atoms in total. The molecule has 0 N–H and O–H groups in total. The van der Waals surface area contributed by atoms with Crippen LogP contribution in [0.15, 0.2) is 28.9 Å². The number of hydrogen-bond acceptors (Lipinski definition) is 4. The summed E-state index contributed by atoms with van der Waals surface area (Å²) in [5.74, 6) is 1.08. The molecule has 6 heteroatoms. The quantitative estimate of drug-likeness (QED) is 0.851. The van der Waals surface area contributed by atoms with E-state index in [1.807, 2.05) is 37.0 Å². The number of halogens is 1. The van der Waals surface area contributed by atoms with E-state index in [1.54, 1.807) is 0 Å². The molecule has 112 valence electrons. The fourth-order valence-electron chi connectivity index (χ4n) is 2.74. The summed E-state index contributed by atoms with van der Waals surface area (Å²) >= 11 is 3.65. The monoisotopic (exact) mass is 349 g/mol. The molecule has 0 aliphatic carbocycles. The van der Waals surface area contributed by atoms with Crippen molar-refractivity contribution in [2.75, 3.05) is 31.1 Å². The van der Waals surface area contributed by atoms with Crippen molar-refractivity contribution >= 4 is 21.7 Å². The molecule has 0 aromatic carbocycles. The number of pyridine rings is 1. The molecule has 0 atom stereocenters. The molecule has 21 heavy (non-hydrogen) atoms. The predicted octanol–water partition coefficient (Wildman–Crippen LogP) is 2.21. The number of aromatic nitrogens is 3. The summed E-state index contributed by atoms with van der Waals surface area (Å²) < 4.78 is 3.11. The van der Waals surface area contributed by atoms with Crippen molar-refractivity contribution in [2.45, 2.75) is 13.5 Å². The van der Waals surface area contributed by atoms with Gasteiger partial charge in [0, 0.05) is 46.0 Å². The van der Waals surface area contributed by atoms with Gasteiger partial charge in [0.2, 0.25) is 0 Å². The molecule has 3 heterocycles. The van der Waals surface area contributed by atoms with Crippen LogP contribution in [0.25, 0.3) is 0 Å². The zero-order chi connectivity index (χ0) is 14.8. The molecule has 1 saturated heterocycles. The van der Waals surface area contributed by atoms with Gasteiger partial charge in [-0.3, -0.25) is 9.58 Å². The zero-order valence-electron chi connectivity index (χ0n) is 12.5. The molecular weight excluding hydrogens is 330 g/mol. The number of piperazine rings is 1. The molecule has 1 aliphatic heterocycles. The smallest absolute Gasteiger partial charge is 0.128 e. The first-order valence-corrected chi connectivity index (χ1v) is 8.01. The highest BCUT2D eigenvalue weighted by atomic mass is 79.9. The second kappa shape index (κ2) is 6.15. The van der Waals surface area contributed by atoms with E-state index in [0.29, 0.717) is 0 Å². The molecule has 0 amide bonds. The number of hydrogen-bond donors (Lipinski definition) is 0. The number of nitrogens with zero attached hydrogens (tertiary/aromatic N) is 5. The Labute approximate surface area is 133 Å². The van der Waals surface area contributed by atoms with E-state index in [1.165, 1.54) is 5.69 Å². The van der Waals surface area contributed by atoms with Crippen LogP contribution < -0.4 is 4.90 Å². The van der Waals surface area contributed by atoms with E-state index in [0.717, 1.165) is 48.7 Å². The van der Waals surface area contributed by atoms with Gasteiger partial charge in [0.15, 0.2) is 0 Å². The molecule has 1 fully saturated rings. The molecule has 0 spiro atoms. The highest BCUT2D eigenvalue weighted by Crippen LogP contribution is 2.22.